The number of aliphatic carboxylic acids is 1. The van der Waals surface area contributed by atoms with E-state index in [2.05, 4.69) is 16.8 Å². The molecule has 0 radical (unpaired) electrons. The maximum Gasteiger partial charge on any atom is 0.337 e. The number of imidazole rings is 1. The minimum absolute atomic E-state index is 0.631. The first-order valence-corrected chi connectivity index (χ1v) is 11.7. The Kier molecular flexibility index (Phi) is 7.90. The van der Waals surface area contributed by atoms with E-state index in [1.807, 2.05) is 76.6 Å². The number of ether oxygens (including phenoxy) is 1. The van der Waals surface area contributed by atoms with E-state index in [4.69, 9.17) is 16.3 Å². The highest BCUT2D eigenvalue weighted by molar-refractivity contribution is 6.29. The zero-order chi connectivity index (χ0) is 25.9. The normalized spacial score (nSPS) is 13.5. The van der Waals surface area contributed by atoms with Crippen LogP contribution in [0.1, 0.15) is 68.7 Å². The molecule has 35 heavy (non-hydrogen) atoms. The molecule has 0 aliphatic carbocycles. The number of benzene rings is 2. The van der Waals surface area contributed by atoms with Gasteiger partial charge in [-0.2, -0.15) is 0 Å². The third-order valence-electron chi connectivity index (χ3n) is 5.46. The first kappa shape index (κ1) is 26.3. The molecule has 0 saturated carbocycles. The Bertz CT molecular complexity index is 1390. The Hall–Kier alpha value is -3.33. The number of nitrogens with zero attached hydrogens (tertiary/aromatic N) is 2. The van der Waals surface area contributed by atoms with E-state index in [-0.39, 0.29) is 0 Å². The molecule has 5 nitrogen and oxygen atoms in total. The highest BCUT2D eigenvalue weighted by Gasteiger charge is 2.31. The number of halogens is 1. The summed E-state index contributed by atoms with van der Waals surface area (Å²) in [5.74, 6) is 5.33. The Morgan fingerprint density at radius 2 is 1.91 bits per heavy atom. The highest BCUT2D eigenvalue weighted by Crippen LogP contribution is 2.38. The molecule has 0 amide bonds. The first-order valence-electron chi connectivity index (χ1n) is 11.3. The Labute approximate surface area is 212 Å². The van der Waals surface area contributed by atoms with Crippen LogP contribution in [0.15, 0.2) is 54.0 Å². The number of carboxylic acid groups (broad SMARTS) is 1. The van der Waals surface area contributed by atoms with Gasteiger partial charge in [0.05, 0.1) is 18.1 Å². The maximum atomic E-state index is 12.4. The van der Waals surface area contributed by atoms with Gasteiger partial charge in [0.2, 0.25) is 0 Å². The van der Waals surface area contributed by atoms with Gasteiger partial charge >= 0.3 is 5.97 Å². The first-order chi connectivity index (χ1) is 16.4. The van der Waals surface area contributed by atoms with Gasteiger partial charge in [-0.3, -0.25) is 0 Å². The summed E-state index contributed by atoms with van der Waals surface area (Å²) in [5, 5.41) is 12.7. The molecule has 1 heterocycles. The number of fused-ring (bicyclic) bond motifs is 1. The van der Waals surface area contributed by atoms with Crippen LogP contribution in [0.3, 0.4) is 0 Å². The van der Waals surface area contributed by atoms with E-state index in [1.54, 1.807) is 25.5 Å². The van der Waals surface area contributed by atoms with Crippen LogP contribution in [0.25, 0.3) is 16.3 Å². The highest BCUT2D eigenvalue weighted by atomic mass is 35.5. The van der Waals surface area contributed by atoms with Gasteiger partial charge in [-0.05, 0) is 93.1 Å². The number of aryl methyl sites for hydroxylation is 2. The lowest BCUT2D eigenvalue weighted by Crippen LogP contribution is -2.28. The fourth-order valence-electron chi connectivity index (χ4n) is 3.92. The molecule has 1 N–H and O–H groups in total. The van der Waals surface area contributed by atoms with Gasteiger partial charge in [0.15, 0.2) is 6.10 Å². The van der Waals surface area contributed by atoms with Crippen molar-refractivity contribution in [1.29, 1.82) is 0 Å². The van der Waals surface area contributed by atoms with Crippen LogP contribution in [0, 0.1) is 18.8 Å². The Morgan fingerprint density at radius 3 is 2.49 bits per heavy atom. The summed E-state index contributed by atoms with van der Waals surface area (Å²) in [6.07, 6.45) is 6.00. The molecular weight excluding hydrogens is 460 g/mol. The predicted octanol–water partition coefficient (Wildman–Crippen LogP) is 6.77. The van der Waals surface area contributed by atoms with Crippen LogP contribution < -0.4 is 0 Å². The molecule has 182 valence electrons. The standard InChI is InChI=1S/C29H31ClN2O3/c1-18(8-9-20(3)30)25-24-15-21(11-13-23-16-31-17-32(23)7)10-12-22(24)14-19(2)26(25)27(28(33)34)35-29(4,5)6/h8-10,12,14-17,27H,1-7H3,(H,33,34). The van der Waals surface area contributed by atoms with E-state index in [1.165, 1.54) is 0 Å². The Morgan fingerprint density at radius 1 is 1.20 bits per heavy atom. The molecule has 1 aromatic heterocycles. The van der Waals surface area contributed by atoms with Crippen molar-refractivity contribution in [2.45, 2.75) is 53.2 Å². The predicted molar refractivity (Wildman–Crippen MR) is 142 cm³/mol. The lowest BCUT2D eigenvalue weighted by molar-refractivity contribution is -0.160. The average molecular weight is 491 g/mol. The molecular formula is C29H31ClN2O3. The van der Waals surface area contributed by atoms with Crippen molar-refractivity contribution in [3.63, 3.8) is 0 Å². The van der Waals surface area contributed by atoms with Crippen LogP contribution >= 0.6 is 11.6 Å². The summed E-state index contributed by atoms with van der Waals surface area (Å²) in [4.78, 5) is 16.5. The zero-order valence-corrected chi connectivity index (χ0v) is 22.0. The van der Waals surface area contributed by atoms with E-state index in [0.717, 1.165) is 38.7 Å². The van der Waals surface area contributed by atoms with Crippen molar-refractivity contribution in [3.8, 4) is 11.8 Å². The van der Waals surface area contributed by atoms with Gasteiger partial charge in [0.1, 0.15) is 5.69 Å². The summed E-state index contributed by atoms with van der Waals surface area (Å²) >= 11 is 6.10. The lowest BCUT2D eigenvalue weighted by atomic mass is 9.86. The maximum absolute atomic E-state index is 12.4. The van der Waals surface area contributed by atoms with Crippen LogP contribution in [-0.4, -0.2) is 26.2 Å². The third kappa shape index (κ3) is 6.42. The molecule has 1 unspecified atom stereocenters. The largest absolute Gasteiger partial charge is 0.479 e. The number of rotatable bonds is 5. The fourth-order valence-corrected chi connectivity index (χ4v) is 3.98. The van der Waals surface area contributed by atoms with Crippen molar-refractivity contribution in [3.05, 3.63) is 81.9 Å². The summed E-state index contributed by atoms with van der Waals surface area (Å²) in [6.45, 7) is 11.2. The average Bonchev–Trinajstić information content (AvgIpc) is 3.17. The molecule has 3 rings (SSSR count). The van der Waals surface area contributed by atoms with E-state index >= 15 is 0 Å². The third-order valence-corrected chi connectivity index (χ3v) is 5.58. The van der Waals surface area contributed by atoms with Crippen LogP contribution in [0.5, 0.6) is 0 Å². The molecule has 3 aromatic rings. The lowest BCUT2D eigenvalue weighted by Gasteiger charge is -2.28. The number of carboxylic acids is 1. The number of aromatic nitrogens is 2. The smallest absolute Gasteiger partial charge is 0.337 e. The summed E-state index contributed by atoms with van der Waals surface area (Å²) in [7, 11) is 1.90. The van der Waals surface area contributed by atoms with Crippen molar-refractivity contribution in [1.82, 2.24) is 9.55 Å². The minimum atomic E-state index is -1.14. The monoisotopic (exact) mass is 490 g/mol. The quantitative estimate of drug-likeness (QED) is 0.316. The molecule has 0 fully saturated rings. The van der Waals surface area contributed by atoms with Gasteiger partial charge in [0.25, 0.3) is 0 Å². The van der Waals surface area contributed by atoms with Gasteiger partial charge in [-0.25, -0.2) is 9.78 Å². The molecule has 0 aliphatic heterocycles. The van der Waals surface area contributed by atoms with Crippen molar-refractivity contribution in [2.75, 3.05) is 0 Å². The van der Waals surface area contributed by atoms with Crippen molar-refractivity contribution >= 4 is 33.9 Å². The summed E-state index contributed by atoms with van der Waals surface area (Å²) in [6, 6.07) is 7.99. The molecule has 0 aliphatic rings. The Balaban J connectivity index is 2.34. The zero-order valence-electron chi connectivity index (χ0n) is 21.2. The molecule has 1 atom stereocenters. The number of carbonyl (C=O) groups is 1. The van der Waals surface area contributed by atoms with Gasteiger partial charge < -0.3 is 14.4 Å². The number of hydrogen-bond acceptors (Lipinski definition) is 3. The van der Waals surface area contributed by atoms with E-state index in [0.29, 0.717) is 10.6 Å². The number of hydrogen-bond donors (Lipinski definition) is 1. The minimum Gasteiger partial charge on any atom is -0.479 e. The molecule has 6 heteroatoms. The molecule has 0 saturated heterocycles. The molecule has 0 bridgehead atoms. The van der Waals surface area contributed by atoms with E-state index in [9.17, 15) is 9.90 Å². The van der Waals surface area contributed by atoms with Gasteiger partial charge in [0, 0.05) is 23.2 Å². The van der Waals surface area contributed by atoms with Crippen LogP contribution in [0.2, 0.25) is 0 Å². The SMILES string of the molecule is CC(Cl)=CC=C(C)c1c(C(OC(C)(C)C)C(=O)O)c(C)cc2ccc(C#Cc3cncn3C)cc12. The van der Waals surface area contributed by atoms with Gasteiger partial charge in [-0.15, -0.1) is 0 Å². The molecule has 0 spiro atoms. The topological polar surface area (TPSA) is 64.3 Å². The second kappa shape index (κ2) is 10.5. The van der Waals surface area contributed by atoms with Crippen molar-refractivity contribution in [2.24, 2.45) is 7.05 Å². The second-order valence-corrected chi connectivity index (χ2v) is 10.2. The summed E-state index contributed by atoms with van der Waals surface area (Å²) in [5.41, 5.74) is 4.14. The summed E-state index contributed by atoms with van der Waals surface area (Å²) < 4.78 is 7.92. The second-order valence-electron chi connectivity index (χ2n) is 9.61. The number of allylic oxidation sites excluding steroid dienone is 4. The van der Waals surface area contributed by atoms with Crippen LogP contribution in [0.4, 0.5) is 0 Å². The van der Waals surface area contributed by atoms with E-state index < -0.39 is 17.7 Å². The van der Waals surface area contributed by atoms with Gasteiger partial charge in [-0.1, -0.05) is 35.7 Å². The van der Waals surface area contributed by atoms with Crippen molar-refractivity contribution < 1.29 is 14.6 Å². The van der Waals surface area contributed by atoms with Crippen LogP contribution in [-0.2, 0) is 16.6 Å². The fraction of sp³-hybridized carbons (Fsp3) is 0.310. The molecule has 2 aromatic carbocycles.